The quantitative estimate of drug-likeness (QED) is 0.869. The van der Waals surface area contributed by atoms with E-state index in [-0.39, 0.29) is 11.5 Å². The van der Waals surface area contributed by atoms with Crippen LogP contribution in [0.1, 0.15) is 21.5 Å². The lowest BCUT2D eigenvalue weighted by molar-refractivity contribution is 0.103. The van der Waals surface area contributed by atoms with Gasteiger partial charge in [0, 0.05) is 17.2 Å². The Kier molecular flexibility index (Phi) is 3.94. The van der Waals surface area contributed by atoms with Gasteiger partial charge in [0.15, 0.2) is 5.78 Å². The number of aromatic hydroxyl groups is 1. The van der Waals surface area contributed by atoms with Gasteiger partial charge < -0.3 is 14.6 Å². The smallest absolute Gasteiger partial charge is 0.193 e. The first-order valence-electron chi connectivity index (χ1n) is 6.12. The second-order valence-electron chi connectivity index (χ2n) is 4.43. The van der Waals surface area contributed by atoms with Crippen LogP contribution in [0.4, 0.5) is 0 Å². The molecule has 0 atom stereocenters. The molecule has 0 radical (unpaired) electrons. The van der Waals surface area contributed by atoms with Crippen molar-refractivity contribution in [2.75, 3.05) is 14.2 Å². The van der Waals surface area contributed by atoms with Crippen LogP contribution in [0, 0.1) is 6.92 Å². The summed E-state index contributed by atoms with van der Waals surface area (Å²) in [5, 5.41) is 9.51. The predicted octanol–water partition coefficient (Wildman–Crippen LogP) is 2.95. The van der Waals surface area contributed by atoms with Gasteiger partial charge in [0.05, 0.1) is 14.2 Å². The molecule has 0 heterocycles. The van der Waals surface area contributed by atoms with Crippen molar-refractivity contribution in [3.8, 4) is 17.2 Å². The molecule has 0 aromatic heterocycles. The predicted molar refractivity (Wildman–Crippen MR) is 75.8 cm³/mol. The summed E-state index contributed by atoms with van der Waals surface area (Å²) in [6.45, 7) is 1.75. The van der Waals surface area contributed by atoms with Crippen LogP contribution in [0.25, 0.3) is 0 Å². The maximum atomic E-state index is 12.5. The van der Waals surface area contributed by atoms with Crippen molar-refractivity contribution in [1.82, 2.24) is 0 Å². The van der Waals surface area contributed by atoms with Gasteiger partial charge in [-0.15, -0.1) is 0 Å². The SMILES string of the molecule is COc1cc(OC)cc(C(=O)c2ccc(O)c(C)c2)c1. The normalized spacial score (nSPS) is 10.2. The number of methoxy groups -OCH3 is 2. The minimum absolute atomic E-state index is 0.148. The maximum Gasteiger partial charge on any atom is 0.193 e. The molecule has 2 aromatic carbocycles. The molecule has 20 heavy (non-hydrogen) atoms. The summed E-state index contributed by atoms with van der Waals surface area (Å²) in [5.41, 5.74) is 1.65. The third kappa shape index (κ3) is 2.74. The van der Waals surface area contributed by atoms with Crippen LogP contribution >= 0.6 is 0 Å². The summed E-state index contributed by atoms with van der Waals surface area (Å²) in [4.78, 5) is 12.5. The molecule has 0 bridgehead atoms. The van der Waals surface area contributed by atoms with Crippen molar-refractivity contribution in [1.29, 1.82) is 0 Å². The molecule has 0 saturated carbocycles. The van der Waals surface area contributed by atoms with Crippen molar-refractivity contribution in [2.24, 2.45) is 0 Å². The molecule has 0 aliphatic heterocycles. The second-order valence-corrected chi connectivity index (χ2v) is 4.43. The third-order valence-electron chi connectivity index (χ3n) is 3.07. The Balaban J connectivity index is 2.44. The van der Waals surface area contributed by atoms with E-state index in [1.807, 2.05) is 0 Å². The highest BCUT2D eigenvalue weighted by Crippen LogP contribution is 2.25. The highest BCUT2D eigenvalue weighted by molar-refractivity contribution is 6.09. The molecule has 4 nitrogen and oxygen atoms in total. The summed E-state index contributed by atoms with van der Waals surface area (Å²) < 4.78 is 10.3. The fraction of sp³-hybridized carbons (Fsp3) is 0.188. The molecule has 0 saturated heterocycles. The Morgan fingerprint density at radius 3 is 2.05 bits per heavy atom. The molecular weight excluding hydrogens is 256 g/mol. The van der Waals surface area contributed by atoms with Gasteiger partial charge in [0.1, 0.15) is 17.2 Å². The fourth-order valence-corrected chi connectivity index (χ4v) is 1.90. The second kappa shape index (κ2) is 5.65. The van der Waals surface area contributed by atoms with E-state index in [1.54, 1.807) is 37.3 Å². The zero-order valence-corrected chi connectivity index (χ0v) is 11.6. The zero-order chi connectivity index (χ0) is 14.7. The first-order valence-corrected chi connectivity index (χ1v) is 6.12. The molecule has 1 N–H and O–H groups in total. The number of hydrogen-bond acceptors (Lipinski definition) is 4. The lowest BCUT2D eigenvalue weighted by Gasteiger charge is -2.08. The van der Waals surface area contributed by atoms with Gasteiger partial charge in [-0.05, 0) is 42.8 Å². The number of phenols is 1. The number of carbonyl (C=O) groups is 1. The largest absolute Gasteiger partial charge is 0.508 e. The van der Waals surface area contributed by atoms with Gasteiger partial charge in [0.25, 0.3) is 0 Å². The van der Waals surface area contributed by atoms with E-state index in [0.717, 1.165) is 0 Å². The lowest BCUT2D eigenvalue weighted by atomic mass is 10.0. The highest BCUT2D eigenvalue weighted by Gasteiger charge is 2.13. The number of carbonyl (C=O) groups excluding carboxylic acids is 1. The summed E-state index contributed by atoms with van der Waals surface area (Å²) in [6, 6.07) is 9.79. The van der Waals surface area contributed by atoms with Crippen LogP contribution in [0.15, 0.2) is 36.4 Å². The molecule has 0 fully saturated rings. The number of phenolic OH excluding ortho intramolecular Hbond substituents is 1. The van der Waals surface area contributed by atoms with Crippen LogP contribution in [0.2, 0.25) is 0 Å². The summed E-state index contributed by atoms with van der Waals surface area (Å²) in [6.07, 6.45) is 0. The first-order chi connectivity index (χ1) is 9.55. The van der Waals surface area contributed by atoms with E-state index in [2.05, 4.69) is 0 Å². The van der Waals surface area contributed by atoms with E-state index < -0.39 is 0 Å². The van der Waals surface area contributed by atoms with Crippen molar-refractivity contribution in [3.05, 3.63) is 53.1 Å². The lowest BCUT2D eigenvalue weighted by Crippen LogP contribution is -2.03. The number of ether oxygens (including phenoxy) is 2. The average Bonchev–Trinajstić information content (AvgIpc) is 2.48. The molecule has 0 aliphatic carbocycles. The Labute approximate surface area is 117 Å². The Hall–Kier alpha value is -2.49. The molecule has 4 heteroatoms. The van der Waals surface area contributed by atoms with Gasteiger partial charge in [-0.1, -0.05) is 0 Å². The Morgan fingerprint density at radius 1 is 0.950 bits per heavy atom. The minimum atomic E-state index is -0.148. The van der Waals surface area contributed by atoms with Crippen LogP contribution < -0.4 is 9.47 Å². The van der Waals surface area contributed by atoms with Crippen LogP contribution in [-0.4, -0.2) is 25.1 Å². The van der Waals surface area contributed by atoms with Gasteiger partial charge in [0.2, 0.25) is 0 Å². The van der Waals surface area contributed by atoms with Gasteiger partial charge in [-0.3, -0.25) is 4.79 Å². The number of hydrogen-bond donors (Lipinski definition) is 1. The standard InChI is InChI=1S/C16H16O4/c1-10-6-11(4-5-15(10)17)16(18)12-7-13(19-2)9-14(8-12)20-3/h4-9,17H,1-3H3. The van der Waals surface area contributed by atoms with Crippen LogP contribution in [0.5, 0.6) is 17.2 Å². The van der Waals surface area contributed by atoms with E-state index in [1.165, 1.54) is 20.3 Å². The Bertz CT molecular complexity index is 625. The number of rotatable bonds is 4. The third-order valence-corrected chi connectivity index (χ3v) is 3.07. The molecule has 0 unspecified atom stereocenters. The van der Waals surface area contributed by atoms with Gasteiger partial charge in [-0.2, -0.15) is 0 Å². The molecule has 0 spiro atoms. The number of benzene rings is 2. The van der Waals surface area contributed by atoms with Crippen molar-refractivity contribution >= 4 is 5.78 Å². The minimum Gasteiger partial charge on any atom is -0.508 e. The number of ketones is 1. The van der Waals surface area contributed by atoms with E-state index in [4.69, 9.17) is 9.47 Å². The van der Waals surface area contributed by atoms with Crippen LogP contribution in [0.3, 0.4) is 0 Å². The van der Waals surface area contributed by atoms with Gasteiger partial charge >= 0.3 is 0 Å². The summed E-state index contributed by atoms with van der Waals surface area (Å²) in [5.74, 6) is 1.14. The van der Waals surface area contributed by atoms with Crippen molar-refractivity contribution < 1.29 is 19.4 Å². The number of aryl methyl sites for hydroxylation is 1. The molecule has 0 aliphatic rings. The zero-order valence-electron chi connectivity index (χ0n) is 11.6. The van der Waals surface area contributed by atoms with E-state index in [9.17, 15) is 9.90 Å². The fourth-order valence-electron chi connectivity index (χ4n) is 1.90. The first kappa shape index (κ1) is 13.9. The highest BCUT2D eigenvalue weighted by atomic mass is 16.5. The average molecular weight is 272 g/mol. The maximum absolute atomic E-state index is 12.5. The topological polar surface area (TPSA) is 55.8 Å². The monoisotopic (exact) mass is 272 g/mol. The molecule has 0 amide bonds. The Morgan fingerprint density at radius 2 is 1.55 bits per heavy atom. The van der Waals surface area contributed by atoms with Gasteiger partial charge in [-0.25, -0.2) is 0 Å². The van der Waals surface area contributed by atoms with Crippen molar-refractivity contribution in [2.45, 2.75) is 6.92 Å². The summed E-state index contributed by atoms with van der Waals surface area (Å²) >= 11 is 0. The van der Waals surface area contributed by atoms with Crippen molar-refractivity contribution in [3.63, 3.8) is 0 Å². The molecule has 2 rings (SSSR count). The van der Waals surface area contributed by atoms with E-state index >= 15 is 0 Å². The molecule has 2 aromatic rings. The molecular formula is C16H16O4. The molecule has 104 valence electrons. The van der Waals surface area contributed by atoms with Crippen LogP contribution in [-0.2, 0) is 0 Å². The van der Waals surface area contributed by atoms with E-state index in [0.29, 0.717) is 28.2 Å². The summed E-state index contributed by atoms with van der Waals surface area (Å²) in [7, 11) is 3.07.